The van der Waals surface area contributed by atoms with Crippen molar-refractivity contribution in [2.24, 2.45) is 0 Å². The Bertz CT molecular complexity index is 138. The molecule has 0 unspecified atom stereocenters. The van der Waals surface area contributed by atoms with E-state index in [2.05, 4.69) is 11.9 Å². The van der Waals surface area contributed by atoms with Gasteiger partial charge in [0.2, 0.25) is 0 Å². The van der Waals surface area contributed by atoms with Crippen LogP contribution in [0.4, 0.5) is 0 Å². The molecule has 0 spiro atoms. The van der Waals surface area contributed by atoms with Gasteiger partial charge >= 0.3 is 0 Å². The Balaban J connectivity index is 2.00. The third-order valence-electron chi connectivity index (χ3n) is 2.12. The summed E-state index contributed by atoms with van der Waals surface area (Å²) in [6.45, 7) is 6.82. The van der Waals surface area contributed by atoms with E-state index in [-0.39, 0.29) is 0 Å². The van der Waals surface area contributed by atoms with Crippen LogP contribution < -0.4 is 5.32 Å². The summed E-state index contributed by atoms with van der Waals surface area (Å²) in [7, 11) is 1.78. The third kappa shape index (κ3) is 2.64. The highest BCUT2D eigenvalue weighted by Gasteiger charge is 2.27. The SMILES string of the molecule is C=C(C)CNC1CC(OC)C1. The summed E-state index contributed by atoms with van der Waals surface area (Å²) in [6.07, 6.45) is 2.81. The van der Waals surface area contributed by atoms with Gasteiger partial charge in [-0.05, 0) is 19.8 Å². The normalized spacial score (nSPS) is 29.6. The highest BCUT2D eigenvalue weighted by Crippen LogP contribution is 2.22. The Morgan fingerprint density at radius 2 is 2.27 bits per heavy atom. The molecule has 1 saturated carbocycles. The second-order valence-electron chi connectivity index (χ2n) is 3.36. The maximum atomic E-state index is 5.16. The molecule has 0 aliphatic heterocycles. The zero-order valence-electron chi connectivity index (χ0n) is 7.39. The molecule has 0 amide bonds. The van der Waals surface area contributed by atoms with Crippen molar-refractivity contribution in [3.63, 3.8) is 0 Å². The van der Waals surface area contributed by atoms with Crippen LogP contribution in [-0.4, -0.2) is 25.8 Å². The van der Waals surface area contributed by atoms with Gasteiger partial charge < -0.3 is 10.1 Å². The molecule has 1 rings (SSSR count). The number of methoxy groups -OCH3 is 1. The van der Waals surface area contributed by atoms with Crippen molar-refractivity contribution in [3.05, 3.63) is 12.2 Å². The first kappa shape index (κ1) is 8.75. The fourth-order valence-corrected chi connectivity index (χ4v) is 1.24. The van der Waals surface area contributed by atoms with Crippen LogP contribution >= 0.6 is 0 Å². The molecule has 64 valence electrons. The van der Waals surface area contributed by atoms with Crippen LogP contribution in [0.1, 0.15) is 19.8 Å². The van der Waals surface area contributed by atoms with E-state index >= 15 is 0 Å². The van der Waals surface area contributed by atoms with E-state index in [0.29, 0.717) is 12.1 Å². The van der Waals surface area contributed by atoms with Crippen molar-refractivity contribution in [3.8, 4) is 0 Å². The number of rotatable bonds is 4. The summed E-state index contributed by atoms with van der Waals surface area (Å²) < 4.78 is 5.16. The molecule has 0 heterocycles. The molecule has 0 bridgehead atoms. The lowest BCUT2D eigenvalue weighted by Crippen LogP contribution is -2.45. The Hall–Kier alpha value is -0.340. The number of nitrogens with one attached hydrogen (secondary N) is 1. The molecule has 1 fully saturated rings. The van der Waals surface area contributed by atoms with Crippen molar-refractivity contribution in [1.29, 1.82) is 0 Å². The standard InChI is InChI=1S/C9H17NO/c1-7(2)6-10-8-4-9(5-8)11-3/h8-10H,1,4-6H2,2-3H3. The topological polar surface area (TPSA) is 21.3 Å². The summed E-state index contributed by atoms with van der Waals surface area (Å²) in [6, 6.07) is 0.664. The van der Waals surface area contributed by atoms with Gasteiger partial charge in [-0.2, -0.15) is 0 Å². The lowest BCUT2D eigenvalue weighted by atomic mass is 9.89. The van der Waals surface area contributed by atoms with Crippen LogP contribution in [0.2, 0.25) is 0 Å². The minimum atomic E-state index is 0.498. The molecule has 1 aliphatic rings. The lowest BCUT2D eigenvalue weighted by molar-refractivity contribution is 0.0183. The summed E-state index contributed by atoms with van der Waals surface area (Å²) >= 11 is 0. The molecule has 0 radical (unpaired) electrons. The first-order valence-corrected chi connectivity index (χ1v) is 4.13. The number of hydrogen-bond donors (Lipinski definition) is 1. The molecule has 0 aromatic rings. The van der Waals surface area contributed by atoms with Crippen molar-refractivity contribution in [2.45, 2.75) is 31.9 Å². The van der Waals surface area contributed by atoms with Crippen LogP contribution in [0.15, 0.2) is 12.2 Å². The van der Waals surface area contributed by atoms with Gasteiger partial charge in [-0.3, -0.25) is 0 Å². The average molecular weight is 155 g/mol. The van der Waals surface area contributed by atoms with Crippen LogP contribution in [0, 0.1) is 0 Å². The molecule has 11 heavy (non-hydrogen) atoms. The first-order chi connectivity index (χ1) is 5.22. The van der Waals surface area contributed by atoms with E-state index in [1.807, 2.05) is 6.92 Å². The van der Waals surface area contributed by atoms with Gasteiger partial charge in [0.1, 0.15) is 0 Å². The second-order valence-corrected chi connectivity index (χ2v) is 3.36. The van der Waals surface area contributed by atoms with Crippen molar-refractivity contribution in [1.82, 2.24) is 5.32 Å². The highest BCUT2D eigenvalue weighted by molar-refractivity contribution is 4.94. The number of ether oxygens (including phenoxy) is 1. The predicted molar refractivity (Wildman–Crippen MR) is 46.6 cm³/mol. The Labute approximate surface area is 68.6 Å². The zero-order chi connectivity index (χ0) is 8.27. The minimum Gasteiger partial charge on any atom is -0.381 e. The van der Waals surface area contributed by atoms with E-state index in [4.69, 9.17) is 4.74 Å². The highest BCUT2D eigenvalue weighted by atomic mass is 16.5. The summed E-state index contributed by atoms with van der Waals surface area (Å²) in [5.41, 5.74) is 1.20. The van der Waals surface area contributed by atoms with E-state index < -0.39 is 0 Å². The molecule has 0 atom stereocenters. The van der Waals surface area contributed by atoms with Gasteiger partial charge in [-0.15, -0.1) is 0 Å². The zero-order valence-corrected chi connectivity index (χ0v) is 7.39. The first-order valence-electron chi connectivity index (χ1n) is 4.13. The maximum Gasteiger partial charge on any atom is 0.0601 e. The van der Waals surface area contributed by atoms with Gasteiger partial charge in [0, 0.05) is 19.7 Å². The van der Waals surface area contributed by atoms with E-state index in [1.165, 1.54) is 5.57 Å². The molecule has 0 aromatic heterocycles. The lowest BCUT2D eigenvalue weighted by Gasteiger charge is -2.34. The largest absolute Gasteiger partial charge is 0.381 e. The molecule has 1 N–H and O–H groups in total. The van der Waals surface area contributed by atoms with Gasteiger partial charge in [0.25, 0.3) is 0 Å². The van der Waals surface area contributed by atoms with E-state index in [1.54, 1.807) is 7.11 Å². The van der Waals surface area contributed by atoms with Crippen LogP contribution in [0.25, 0.3) is 0 Å². The minimum absolute atomic E-state index is 0.498. The molecular formula is C9H17NO. The van der Waals surface area contributed by atoms with Gasteiger partial charge in [-0.25, -0.2) is 0 Å². The van der Waals surface area contributed by atoms with E-state index in [9.17, 15) is 0 Å². The summed E-state index contributed by atoms with van der Waals surface area (Å²) in [4.78, 5) is 0. The van der Waals surface area contributed by atoms with Gasteiger partial charge in [0.15, 0.2) is 0 Å². The smallest absolute Gasteiger partial charge is 0.0601 e. The van der Waals surface area contributed by atoms with Gasteiger partial charge in [0.05, 0.1) is 6.10 Å². The Kier molecular flexibility index (Phi) is 3.09. The van der Waals surface area contributed by atoms with Crippen LogP contribution in [-0.2, 0) is 4.74 Å². The molecule has 2 heteroatoms. The Morgan fingerprint density at radius 1 is 1.64 bits per heavy atom. The average Bonchev–Trinajstić information content (AvgIpc) is 1.84. The summed E-state index contributed by atoms with van der Waals surface area (Å²) in [5, 5.41) is 3.40. The van der Waals surface area contributed by atoms with Crippen molar-refractivity contribution >= 4 is 0 Å². The fourth-order valence-electron chi connectivity index (χ4n) is 1.24. The second kappa shape index (κ2) is 3.88. The van der Waals surface area contributed by atoms with Crippen LogP contribution in [0.3, 0.4) is 0 Å². The van der Waals surface area contributed by atoms with E-state index in [0.717, 1.165) is 19.4 Å². The van der Waals surface area contributed by atoms with Crippen molar-refractivity contribution in [2.75, 3.05) is 13.7 Å². The third-order valence-corrected chi connectivity index (χ3v) is 2.12. The Morgan fingerprint density at radius 3 is 2.73 bits per heavy atom. The fraction of sp³-hybridized carbons (Fsp3) is 0.778. The van der Waals surface area contributed by atoms with Crippen molar-refractivity contribution < 1.29 is 4.74 Å². The molecule has 1 aliphatic carbocycles. The van der Waals surface area contributed by atoms with Crippen LogP contribution in [0.5, 0.6) is 0 Å². The van der Waals surface area contributed by atoms with Gasteiger partial charge in [-0.1, -0.05) is 12.2 Å². The summed E-state index contributed by atoms with van der Waals surface area (Å²) in [5.74, 6) is 0. The molecule has 0 aromatic carbocycles. The molecule has 0 saturated heterocycles. The molecule has 2 nitrogen and oxygen atoms in total. The monoisotopic (exact) mass is 155 g/mol. The molecular weight excluding hydrogens is 138 g/mol. The quantitative estimate of drug-likeness (QED) is 0.618. The predicted octanol–water partition coefficient (Wildman–Crippen LogP) is 1.33. The number of hydrogen-bond acceptors (Lipinski definition) is 2. The maximum absolute atomic E-state index is 5.16.